The first kappa shape index (κ1) is 11.4. The largest absolute Gasteiger partial charge is 0.439 e. The molecule has 16 heavy (non-hydrogen) atoms. The molecule has 0 saturated heterocycles. The molecule has 0 radical (unpaired) electrons. The van der Waals surface area contributed by atoms with E-state index in [0.717, 1.165) is 30.2 Å². The Kier molecular flexibility index (Phi) is 3.74. The molecule has 0 fully saturated rings. The average molecular weight is 236 g/mol. The fraction of sp³-hybridized carbons (Fsp3) is 0.417. The molecule has 0 unspecified atom stereocenters. The van der Waals surface area contributed by atoms with Gasteiger partial charge in [-0.05, 0) is 30.8 Å². The van der Waals surface area contributed by atoms with Crippen molar-refractivity contribution in [3.8, 4) is 11.3 Å². The van der Waals surface area contributed by atoms with Gasteiger partial charge in [-0.2, -0.15) is 11.3 Å². The highest BCUT2D eigenvalue weighted by Gasteiger charge is 2.08. The van der Waals surface area contributed by atoms with Crippen LogP contribution in [0.15, 0.2) is 21.4 Å². The molecule has 0 atom stereocenters. The van der Waals surface area contributed by atoms with Gasteiger partial charge in [-0.15, -0.1) is 0 Å². The number of nitrogens with one attached hydrogen (secondary N) is 1. The molecular formula is C12H16N2OS. The number of thiophene rings is 1. The number of oxazole rings is 1. The van der Waals surface area contributed by atoms with Crippen LogP contribution in [-0.4, -0.2) is 11.5 Å². The Labute approximate surface area is 99.5 Å². The molecular weight excluding hydrogens is 220 g/mol. The summed E-state index contributed by atoms with van der Waals surface area (Å²) >= 11 is 1.69. The van der Waals surface area contributed by atoms with Gasteiger partial charge in [-0.1, -0.05) is 6.92 Å². The van der Waals surface area contributed by atoms with Crippen LogP contribution >= 0.6 is 11.3 Å². The average Bonchev–Trinajstić information content (AvgIpc) is 2.87. The van der Waals surface area contributed by atoms with E-state index in [4.69, 9.17) is 4.42 Å². The van der Waals surface area contributed by atoms with Crippen LogP contribution in [0.2, 0.25) is 0 Å². The van der Waals surface area contributed by atoms with Gasteiger partial charge in [0.05, 0.1) is 12.7 Å². The van der Waals surface area contributed by atoms with Crippen LogP contribution in [0.4, 0.5) is 0 Å². The molecule has 2 heterocycles. The second-order valence-electron chi connectivity index (χ2n) is 3.76. The van der Waals surface area contributed by atoms with Crippen LogP contribution in [0, 0.1) is 6.92 Å². The molecule has 0 saturated carbocycles. The molecule has 0 aliphatic rings. The maximum absolute atomic E-state index is 5.69. The molecule has 2 aromatic rings. The number of rotatable bonds is 5. The number of nitrogens with zero attached hydrogens (tertiary/aromatic N) is 1. The maximum Gasteiger partial charge on any atom is 0.208 e. The first-order valence-electron chi connectivity index (χ1n) is 5.50. The standard InChI is InChI=1S/C12H16N2OS/c1-3-4-13-6-12-14-5-11(15-12)10-8-16-7-9(10)2/h5,7-8,13H,3-4,6H2,1-2H3. The van der Waals surface area contributed by atoms with Crippen LogP contribution in [0.1, 0.15) is 24.8 Å². The van der Waals surface area contributed by atoms with Crippen molar-refractivity contribution in [2.45, 2.75) is 26.8 Å². The summed E-state index contributed by atoms with van der Waals surface area (Å²) in [5.74, 6) is 1.63. The van der Waals surface area contributed by atoms with E-state index in [2.05, 4.69) is 34.9 Å². The topological polar surface area (TPSA) is 38.1 Å². The van der Waals surface area contributed by atoms with E-state index < -0.39 is 0 Å². The molecule has 0 aromatic carbocycles. The lowest BCUT2D eigenvalue weighted by Gasteiger charge is -1.97. The van der Waals surface area contributed by atoms with Gasteiger partial charge in [-0.25, -0.2) is 4.98 Å². The molecule has 0 spiro atoms. The Bertz CT molecular complexity index is 447. The summed E-state index contributed by atoms with van der Waals surface area (Å²) in [5.41, 5.74) is 2.40. The first-order valence-corrected chi connectivity index (χ1v) is 6.44. The zero-order chi connectivity index (χ0) is 11.4. The minimum atomic E-state index is 0.705. The molecule has 1 N–H and O–H groups in total. The fourth-order valence-electron chi connectivity index (χ4n) is 1.50. The van der Waals surface area contributed by atoms with Crippen molar-refractivity contribution >= 4 is 11.3 Å². The Balaban J connectivity index is 2.05. The van der Waals surface area contributed by atoms with Crippen molar-refractivity contribution in [1.29, 1.82) is 0 Å². The summed E-state index contributed by atoms with van der Waals surface area (Å²) in [4.78, 5) is 4.26. The molecule has 0 aliphatic carbocycles. The van der Waals surface area contributed by atoms with E-state index >= 15 is 0 Å². The van der Waals surface area contributed by atoms with Crippen LogP contribution in [0.3, 0.4) is 0 Å². The van der Waals surface area contributed by atoms with Gasteiger partial charge in [0.2, 0.25) is 5.89 Å². The predicted octanol–water partition coefficient (Wildman–Crippen LogP) is 3.21. The molecule has 0 aliphatic heterocycles. The normalized spacial score (nSPS) is 10.9. The molecule has 4 heteroatoms. The number of aromatic nitrogens is 1. The Morgan fingerprint density at radius 1 is 1.44 bits per heavy atom. The van der Waals surface area contributed by atoms with Gasteiger partial charge >= 0.3 is 0 Å². The summed E-state index contributed by atoms with van der Waals surface area (Å²) in [7, 11) is 0. The van der Waals surface area contributed by atoms with Gasteiger partial charge in [0.25, 0.3) is 0 Å². The number of hydrogen-bond donors (Lipinski definition) is 1. The van der Waals surface area contributed by atoms with Gasteiger partial charge < -0.3 is 9.73 Å². The molecule has 0 bridgehead atoms. The van der Waals surface area contributed by atoms with Crippen molar-refractivity contribution in [2.75, 3.05) is 6.54 Å². The molecule has 2 aromatic heterocycles. The highest BCUT2D eigenvalue weighted by atomic mass is 32.1. The summed E-state index contributed by atoms with van der Waals surface area (Å²) in [6.07, 6.45) is 2.93. The SMILES string of the molecule is CCCNCc1ncc(-c2cscc2C)o1. The lowest BCUT2D eigenvalue weighted by atomic mass is 10.2. The van der Waals surface area contributed by atoms with Crippen molar-refractivity contribution in [2.24, 2.45) is 0 Å². The highest BCUT2D eigenvalue weighted by molar-refractivity contribution is 7.08. The van der Waals surface area contributed by atoms with Crippen LogP contribution in [-0.2, 0) is 6.54 Å². The Hall–Kier alpha value is -1.13. The van der Waals surface area contributed by atoms with Crippen LogP contribution in [0.5, 0.6) is 0 Å². The smallest absolute Gasteiger partial charge is 0.208 e. The molecule has 3 nitrogen and oxygen atoms in total. The van der Waals surface area contributed by atoms with E-state index in [1.807, 2.05) is 0 Å². The van der Waals surface area contributed by atoms with Gasteiger partial charge in [0.1, 0.15) is 0 Å². The van der Waals surface area contributed by atoms with E-state index in [1.165, 1.54) is 5.56 Å². The minimum absolute atomic E-state index is 0.705. The summed E-state index contributed by atoms with van der Waals surface area (Å²) in [6, 6.07) is 0. The zero-order valence-electron chi connectivity index (χ0n) is 9.62. The zero-order valence-corrected chi connectivity index (χ0v) is 10.4. The third kappa shape index (κ3) is 2.51. The summed E-state index contributed by atoms with van der Waals surface area (Å²) in [6.45, 7) is 5.93. The minimum Gasteiger partial charge on any atom is -0.439 e. The van der Waals surface area contributed by atoms with E-state index in [9.17, 15) is 0 Å². The lowest BCUT2D eigenvalue weighted by Crippen LogP contribution is -2.13. The van der Waals surface area contributed by atoms with E-state index in [1.54, 1.807) is 17.5 Å². The third-order valence-corrected chi connectivity index (χ3v) is 3.24. The maximum atomic E-state index is 5.69. The third-order valence-electron chi connectivity index (χ3n) is 2.38. The van der Waals surface area contributed by atoms with E-state index in [0.29, 0.717) is 6.54 Å². The van der Waals surface area contributed by atoms with Crippen LogP contribution in [0.25, 0.3) is 11.3 Å². The molecule has 2 rings (SSSR count). The lowest BCUT2D eigenvalue weighted by molar-refractivity contribution is 0.478. The fourth-order valence-corrected chi connectivity index (χ4v) is 2.34. The quantitative estimate of drug-likeness (QED) is 0.810. The van der Waals surface area contributed by atoms with Crippen LogP contribution < -0.4 is 5.32 Å². The van der Waals surface area contributed by atoms with Gasteiger partial charge in [0.15, 0.2) is 5.76 Å². The molecule has 0 amide bonds. The second-order valence-corrected chi connectivity index (χ2v) is 4.51. The summed E-state index contributed by atoms with van der Waals surface area (Å²) in [5, 5.41) is 7.49. The second kappa shape index (κ2) is 5.27. The summed E-state index contributed by atoms with van der Waals surface area (Å²) < 4.78 is 5.69. The molecule has 86 valence electrons. The van der Waals surface area contributed by atoms with Crippen molar-refractivity contribution in [3.05, 3.63) is 28.4 Å². The van der Waals surface area contributed by atoms with Crippen molar-refractivity contribution in [3.63, 3.8) is 0 Å². The number of hydrogen-bond acceptors (Lipinski definition) is 4. The predicted molar refractivity (Wildman–Crippen MR) is 66.6 cm³/mol. The van der Waals surface area contributed by atoms with E-state index in [-0.39, 0.29) is 0 Å². The number of aryl methyl sites for hydroxylation is 1. The van der Waals surface area contributed by atoms with Gasteiger partial charge in [-0.3, -0.25) is 0 Å². The highest BCUT2D eigenvalue weighted by Crippen LogP contribution is 2.27. The van der Waals surface area contributed by atoms with Crippen molar-refractivity contribution in [1.82, 2.24) is 10.3 Å². The monoisotopic (exact) mass is 236 g/mol. The Morgan fingerprint density at radius 2 is 2.31 bits per heavy atom. The van der Waals surface area contributed by atoms with Gasteiger partial charge in [0, 0.05) is 10.9 Å². The Morgan fingerprint density at radius 3 is 3.00 bits per heavy atom. The van der Waals surface area contributed by atoms with Crippen molar-refractivity contribution < 1.29 is 4.42 Å². The first-order chi connectivity index (χ1) is 7.81.